The molecule has 1 saturated heterocycles. The molecule has 2 rings (SSSR count). The predicted octanol–water partition coefficient (Wildman–Crippen LogP) is 3.62. The lowest BCUT2D eigenvalue weighted by Crippen LogP contribution is -2.47. The van der Waals surface area contributed by atoms with Crippen LogP contribution < -0.4 is 10.6 Å². The molecule has 0 bridgehead atoms. The van der Waals surface area contributed by atoms with Crippen LogP contribution in [0.1, 0.15) is 75.9 Å². The van der Waals surface area contributed by atoms with Crippen LogP contribution in [0.15, 0.2) is 28.3 Å². The number of hydrogen-bond donors (Lipinski definition) is 2. The van der Waals surface area contributed by atoms with Crippen LogP contribution in [0.5, 0.6) is 0 Å². The summed E-state index contributed by atoms with van der Waals surface area (Å²) in [7, 11) is 0. The lowest BCUT2D eigenvalue weighted by atomic mass is 10.1. The molecule has 2 N–H and O–H groups in total. The summed E-state index contributed by atoms with van der Waals surface area (Å²) in [5.41, 5.74) is 7.75. The van der Waals surface area contributed by atoms with Crippen molar-refractivity contribution in [2.24, 2.45) is 10.1 Å². The molecule has 15 heteroatoms. The monoisotopic (exact) mass is 545 g/mol. The first-order valence-electron chi connectivity index (χ1n) is 11.8. The molecule has 0 spiro atoms. The van der Waals surface area contributed by atoms with Gasteiger partial charge in [-0.1, -0.05) is 11.2 Å². The van der Waals surface area contributed by atoms with Crippen molar-refractivity contribution in [1.29, 1.82) is 0 Å². The Balaban J connectivity index is 2.34. The maximum absolute atomic E-state index is 12.7. The number of ether oxygens (including phenoxy) is 2. The fourth-order valence-corrected chi connectivity index (χ4v) is 3.05. The number of hydroxylamine groups is 2. The molecule has 0 saturated carbocycles. The molecule has 1 aliphatic heterocycles. The Bertz CT molecular complexity index is 1180. The minimum absolute atomic E-state index is 0.0555. The third kappa shape index (κ3) is 10.7. The lowest BCUT2D eigenvalue weighted by Gasteiger charge is -2.22. The van der Waals surface area contributed by atoms with Crippen LogP contribution in [0.4, 0.5) is 9.59 Å². The average Bonchev–Trinajstić information content (AvgIpc) is 3.10. The number of alkyl carbamates (subject to hydrolysis) is 2. The summed E-state index contributed by atoms with van der Waals surface area (Å²) in [5.74, 6) is -2.58. The molecule has 1 fully saturated rings. The molecule has 0 atom stereocenters. The molecule has 0 aromatic heterocycles. The number of nitrogens with zero attached hydrogens (tertiary/aromatic N) is 5. The van der Waals surface area contributed by atoms with Gasteiger partial charge in [-0.2, -0.15) is 0 Å². The SMILES string of the molecule is CC(C)(C)OC(=O)NC(=NCc1cc(CN=[N+]=[N-])cc(C(=O)ON2C(=O)CCC2=O)c1)NC(=O)OC(C)(C)C. The van der Waals surface area contributed by atoms with Crippen molar-refractivity contribution in [1.82, 2.24) is 15.7 Å². The molecule has 0 unspecified atom stereocenters. The molecule has 1 aliphatic rings. The third-order valence-electron chi connectivity index (χ3n) is 4.44. The number of amides is 4. The van der Waals surface area contributed by atoms with E-state index in [2.05, 4.69) is 25.7 Å². The molecule has 1 heterocycles. The summed E-state index contributed by atoms with van der Waals surface area (Å²) in [6, 6.07) is 4.31. The average molecular weight is 546 g/mol. The Kier molecular flexibility index (Phi) is 9.98. The summed E-state index contributed by atoms with van der Waals surface area (Å²) >= 11 is 0. The summed E-state index contributed by atoms with van der Waals surface area (Å²) < 4.78 is 10.4. The van der Waals surface area contributed by atoms with E-state index in [-0.39, 0.29) is 37.5 Å². The number of aliphatic imine (C=N–C) groups is 1. The topological polar surface area (TPSA) is 201 Å². The zero-order valence-electron chi connectivity index (χ0n) is 22.6. The second kappa shape index (κ2) is 12.7. The van der Waals surface area contributed by atoms with Crippen LogP contribution >= 0.6 is 0 Å². The molecule has 1 aromatic rings. The first-order chi connectivity index (χ1) is 18.1. The van der Waals surface area contributed by atoms with Crippen molar-refractivity contribution in [3.8, 4) is 0 Å². The van der Waals surface area contributed by atoms with Gasteiger partial charge in [0.25, 0.3) is 11.8 Å². The molecule has 39 heavy (non-hydrogen) atoms. The van der Waals surface area contributed by atoms with Crippen molar-refractivity contribution in [3.05, 3.63) is 45.3 Å². The van der Waals surface area contributed by atoms with Gasteiger partial charge in [0.2, 0.25) is 5.96 Å². The second-order valence-corrected chi connectivity index (χ2v) is 10.3. The Morgan fingerprint density at radius 3 is 1.85 bits per heavy atom. The molecule has 4 amide bonds. The number of nitrogens with one attached hydrogen (secondary N) is 2. The molecular formula is C24H31N7O8. The van der Waals surface area contributed by atoms with Crippen molar-refractivity contribution in [2.75, 3.05) is 0 Å². The number of carbonyl (C=O) groups excluding carboxylic acids is 5. The molecule has 0 aliphatic carbocycles. The zero-order chi connectivity index (χ0) is 29.4. The maximum atomic E-state index is 12.7. The minimum Gasteiger partial charge on any atom is -0.444 e. The van der Waals surface area contributed by atoms with Gasteiger partial charge in [-0.15, -0.1) is 5.06 Å². The first-order valence-corrected chi connectivity index (χ1v) is 11.8. The number of guanidine groups is 1. The van der Waals surface area contributed by atoms with Gasteiger partial charge in [-0.25, -0.2) is 19.4 Å². The lowest BCUT2D eigenvalue weighted by molar-refractivity contribution is -0.172. The van der Waals surface area contributed by atoms with Crippen LogP contribution in [0.25, 0.3) is 10.4 Å². The molecule has 210 valence electrons. The van der Waals surface area contributed by atoms with Crippen LogP contribution in [0.2, 0.25) is 0 Å². The Morgan fingerprint density at radius 1 is 0.897 bits per heavy atom. The van der Waals surface area contributed by atoms with Crippen LogP contribution in [-0.2, 0) is 37.0 Å². The number of benzene rings is 1. The van der Waals surface area contributed by atoms with Gasteiger partial charge in [-0.3, -0.25) is 20.2 Å². The van der Waals surface area contributed by atoms with Crippen LogP contribution in [-0.4, -0.2) is 52.2 Å². The zero-order valence-corrected chi connectivity index (χ0v) is 22.6. The highest BCUT2D eigenvalue weighted by Crippen LogP contribution is 2.18. The molecular weight excluding hydrogens is 514 g/mol. The Labute approximate surface area is 224 Å². The van der Waals surface area contributed by atoms with Gasteiger partial charge in [-0.05, 0) is 70.3 Å². The van der Waals surface area contributed by atoms with Crippen LogP contribution in [0, 0.1) is 0 Å². The largest absolute Gasteiger partial charge is 0.444 e. The van der Waals surface area contributed by atoms with E-state index in [1.807, 2.05) is 0 Å². The fourth-order valence-electron chi connectivity index (χ4n) is 3.05. The van der Waals surface area contributed by atoms with E-state index in [1.54, 1.807) is 47.6 Å². The summed E-state index contributed by atoms with van der Waals surface area (Å²) in [5, 5.41) is 8.57. The van der Waals surface area contributed by atoms with Crippen LogP contribution in [0.3, 0.4) is 0 Å². The maximum Gasteiger partial charge on any atom is 0.414 e. The summed E-state index contributed by atoms with van der Waals surface area (Å²) in [6.07, 6.45) is -1.92. The summed E-state index contributed by atoms with van der Waals surface area (Å²) in [4.78, 5) is 72.8. The molecule has 15 nitrogen and oxygen atoms in total. The highest BCUT2D eigenvalue weighted by molar-refractivity contribution is 6.03. The van der Waals surface area contributed by atoms with E-state index < -0.39 is 41.2 Å². The van der Waals surface area contributed by atoms with Gasteiger partial charge in [0.15, 0.2) is 0 Å². The highest BCUT2D eigenvalue weighted by Gasteiger charge is 2.33. The number of rotatable bonds is 6. The normalized spacial score (nSPS) is 13.2. The second-order valence-electron chi connectivity index (χ2n) is 10.3. The highest BCUT2D eigenvalue weighted by atomic mass is 16.7. The number of carbonyl (C=O) groups is 5. The van der Waals surface area contributed by atoms with Gasteiger partial charge in [0.1, 0.15) is 11.2 Å². The van der Waals surface area contributed by atoms with Crippen molar-refractivity contribution >= 4 is 35.9 Å². The summed E-state index contributed by atoms with van der Waals surface area (Å²) in [6.45, 7) is 9.62. The quantitative estimate of drug-likeness (QED) is 0.135. The van der Waals surface area contributed by atoms with E-state index in [9.17, 15) is 24.0 Å². The minimum atomic E-state index is -0.995. The van der Waals surface area contributed by atoms with Crippen molar-refractivity contribution in [2.45, 2.75) is 78.7 Å². The first kappa shape index (κ1) is 30.6. The predicted molar refractivity (Wildman–Crippen MR) is 136 cm³/mol. The van der Waals surface area contributed by atoms with Crippen molar-refractivity contribution < 1.29 is 38.3 Å². The third-order valence-corrected chi connectivity index (χ3v) is 4.44. The number of imide groups is 1. The van der Waals surface area contributed by atoms with Gasteiger partial charge < -0.3 is 14.3 Å². The Hall–Kier alpha value is -4.65. The van der Waals surface area contributed by atoms with E-state index in [1.165, 1.54) is 12.1 Å². The fraction of sp³-hybridized carbons (Fsp3) is 0.500. The smallest absolute Gasteiger partial charge is 0.414 e. The number of azide groups is 1. The van der Waals surface area contributed by atoms with E-state index in [4.69, 9.17) is 19.8 Å². The number of hydrogen-bond acceptors (Lipinski definition) is 10. The van der Waals surface area contributed by atoms with E-state index >= 15 is 0 Å². The van der Waals surface area contributed by atoms with Gasteiger partial charge in [0.05, 0.1) is 18.7 Å². The molecule has 1 aromatic carbocycles. The standard InChI is InChI=1S/C24H31N7O8/c1-23(2,3)37-21(35)28-20(29-22(36)38-24(4,5)6)26-12-14-9-15(13-27-30-25)11-16(10-14)19(34)39-31-17(32)7-8-18(31)33/h9-11H,7-8,12-13H2,1-6H3,(H2,26,28,29,35,36). The Morgan fingerprint density at radius 2 is 1.38 bits per heavy atom. The van der Waals surface area contributed by atoms with E-state index in [0.29, 0.717) is 16.2 Å². The van der Waals surface area contributed by atoms with E-state index in [0.717, 1.165) is 0 Å². The van der Waals surface area contributed by atoms with Crippen molar-refractivity contribution in [3.63, 3.8) is 0 Å². The van der Waals surface area contributed by atoms with Gasteiger partial charge >= 0.3 is 18.2 Å². The van der Waals surface area contributed by atoms with Gasteiger partial charge in [0, 0.05) is 17.8 Å². The molecule has 0 radical (unpaired) electrons.